The first-order valence-electron chi connectivity index (χ1n) is 5.64. The number of hydrogen-bond donors (Lipinski definition) is 3. The minimum atomic E-state index is -1.37. The molecule has 110 valence electrons. The summed E-state index contributed by atoms with van der Waals surface area (Å²) < 4.78 is 6.48. The second kappa shape index (κ2) is 5.76. The fraction of sp³-hybridized carbons (Fsp3) is 0.545. The number of nitrogens with zero attached hydrogens (tertiary/aromatic N) is 3. The fourth-order valence-corrected chi connectivity index (χ4v) is 2.14. The summed E-state index contributed by atoms with van der Waals surface area (Å²) in [5, 5.41) is 28.4. The van der Waals surface area contributed by atoms with Crippen LogP contribution < -0.4 is 11.4 Å². The molecule has 4 atom stereocenters. The summed E-state index contributed by atoms with van der Waals surface area (Å²) in [7, 11) is 0. The van der Waals surface area contributed by atoms with Gasteiger partial charge in [-0.25, -0.2) is 4.79 Å². The molecule has 2 heterocycles. The number of hydrogen-bond acceptors (Lipinski definition) is 7. The van der Waals surface area contributed by atoms with E-state index in [0.29, 0.717) is 0 Å². The highest BCUT2D eigenvalue weighted by Crippen LogP contribution is 2.44. The first-order valence-corrected chi connectivity index (χ1v) is 5.64. The number of anilines is 1. The van der Waals surface area contributed by atoms with E-state index in [9.17, 15) is 15.2 Å². The van der Waals surface area contributed by atoms with Crippen LogP contribution in [-0.2, 0) is 4.74 Å². The molecule has 4 N–H and O–H groups in total. The van der Waals surface area contributed by atoms with E-state index >= 15 is 0 Å². The Hall–Kier alpha value is -1.66. The van der Waals surface area contributed by atoms with Gasteiger partial charge in [-0.05, 0) is 13.0 Å². The van der Waals surface area contributed by atoms with Gasteiger partial charge in [-0.3, -0.25) is 4.57 Å². The van der Waals surface area contributed by atoms with Gasteiger partial charge >= 0.3 is 5.69 Å². The lowest BCUT2D eigenvalue weighted by molar-refractivity contribution is -0.0503. The number of nitrogen functional groups attached to an aromatic ring is 1. The summed E-state index contributed by atoms with van der Waals surface area (Å²) in [5.74, 6) is 0.0529. The van der Waals surface area contributed by atoms with Gasteiger partial charge in [0.1, 0.15) is 23.4 Å². The van der Waals surface area contributed by atoms with Crippen LogP contribution in [0.2, 0.25) is 0 Å². The topological polar surface area (TPSA) is 134 Å². The molecule has 9 heteroatoms. The maximum atomic E-state index is 11.8. The molecule has 20 heavy (non-hydrogen) atoms. The molecule has 0 aromatic carbocycles. The monoisotopic (exact) mass is 302 g/mol. The molecule has 0 saturated carbocycles. The molecular formula is C11H15ClN4O4. The molecule has 0 bridgehead atoms. The van der Waals surface area contributed by atoms with Crippen LogP contribution in [0.1, 0.15) is 13.2 Å². The highest BCUT2D eigenvalue weighted by molar-refractivity contribution is 5.85. The van der Waals surface area contributed by atoms with Crippen LogP contribution in [0, 0.1) is 16.7 Å². The van der Waals surface area contributed by atoms with Gasteiger partial charge in [0.2, 0.25) is 0 Å². The Morgan fingerprint density at radius 1 is 1.70 bits per heavy atom. The summed E-state index contributed by atoms with van der Waals surface area (Å²) in [4.78, 5) is 15.3. The molecule has 1 aliphatic heterocycles. The molecule has 1 fully saturated rings. The number of halogens is 1. The molecule has 0 aliphatic carbocycles. The predicted octanol–water partition coefficient (Wildman–Crippen LogP) is -0.972. The Labute approximate surface area is 120 Å². The molecule has 1 unspecified atom stereocenters. The van der Waals surface area contributed by atoms with E-state index in [-0.39, 0.29) is 18.2 Å². The highest BCUT2D eigenvalue weighted by atomic mass is 35.5. The van der Waals surface area contributed by atoms with Gasteiger partial charge in [-0.2, -0.15) is 10.2 Å². The largest absolute Gasteiger partial charge is 0.394 e. The number of aromatic nitrogens is 2. The van der Waals surface area contributed by atoms with Gasteiger partial charge in [0.05, 0.1) is 12.7 Å². The van der Waals surface area contributed by atoms with Gasteiger partial charge in [-0.1, -0.05) is 0 Å². The smallest absolute Gasteiger partial charge is 0.351 e. The van der Waals surface area contributed by atoms with E-state index in [1.54, 1.807) is 0 Å². The molecule has 1 saturated heterocycles. The van der Waals surface area contributed by atoms with Gasteiger partial charge < -0.3 is 20.7 Å². The van der Waals surface area contributed by atoms with Crippen LogP contribution >= 0.6 is 12.4 Å². The SMILES string of the molecule is C[C@]1(C#N)C(n2ccc(N)nc2=O)O[C@H](CO)[C@H]1O.Cl. The quantitative estimate of drug-likeness (QED) is 0.639. The van der Waals surface area contributed by atoms with Crippen molar-refractivity contribution in [1.29, 1.82) is 5.26 Å². The average Bonchev–Trinajstić information content (AvgIpc) is 2.63. The number of rotatable bonds is 2. The maximum absolute atomic E-state index is 11.8. The molecule has 1 aromatic rings. The fourth-order valence-electron chi connectivity index (χ4n) is 2.14. The molecule has 0 spiro atoms. The Kier molecular flexibility index (Phi) is 4.73. The molecule has 8 nitrogen and oxygen atoms in total. The number of aliphatic hydroxyl groups is 2. The Morgan fingerprint density at radius 2 is 2.35 bits per heavy atom. The van der Waals surface area contributed by atoms with Gasteiger partial charge in [0.25, 0.3) is 0 Å². The summed E-state index contributed by atoms with van der Waals surface area (Å²) >= 11 is 0. The average molecular weight is 303 g/mol. The van der Waals surface area contributed by atoms with Crippen LogP contribution in [-0.4, -0.2) is 38.6 Å². The van der Waals surface area contributed by atoms with Crippen molar-refractivity contribution in [2.75, 3.05) is 12.3 Å². The highest BCUT2D eigenvalue weighted by Gasteiger charge is 2.54. The maximum Gasteiger partial charge on any atom is 0.351 e. The second-order valence-electron chi connectivity index (χ2n) is 4.59. The second-order valence-corrected chi connectivity index (χ2v) is 4.59. The molecular weight excluding hydrogens is 288 g/mol. The van der Waals surface area contributed by atoms with Crippen molar-refractivity contribution in [1.82, 2.24) is 9.55 Å². The van der Waals surface area contributed by atoms with E-state index in [0.717, 1.165) is 4.57 Å². The zero-order valence-corrected chi connectivity index (χ0v) is 11.4. The Morgan fingerprint density at radius 3 is 2.85 bits per heavy atom. The predicted molar refractivity (Wildman–Crippen MR) is 70.9 cm³/mol. The number of ether oxygens (including phenoxy) is 1. The third-order valence-corrected chi connectivity index (χ3v) is 3.31. The third kappa shape index (κ3) is 2.36. The molecule has 0 radical (unpaired) electrons. The first kappa shape index (κ1) is 16.4. The van der Waals surface area contributed by atoms with Crippen LogP contribution in [0.15, 0.2) is 17.1 Å². The van der Waals surface area contributed by atoms with Gasteiger partial charge in [0, 0.05) is 6.20 Å². The number of nitriles is 1. The van der Waals surface area contributed by atoms with Crippen LogP contribution in [0.5, 0.6) is 0 Å². The Bertz CT molecular complexity index is 587. The lowest BCUT2D eigenvalue weighted by atomic mass is 9.84. The summed E-state index contributed by atoms with van der Waals surface area (Å²) in [6.07, 6.45) is -1.83. The molecule has 1 aliphatic rings. The zero-order chi connectivity index (χ0) is 14.2. The minimum absolute atomic E-state index is 0. The lowest BCUT2D eigenvalue weighted by Gasteiger charge is -2.25. The molecule has 1 aromatic heterocycles. The normalized spacial score (nSPS) is 32.4. The van der Waals surface area contributed by atoms with Crippen molar-refractivity contribution < 1.29 is 14.9 Å². The van der Waals surface area contributed by atoms with E-state index in [1.165, 1.54) is 19.2 Å². The van der Waals surface area contributed by atoms with Crippen molar-refractivity contribution in [2.24, 2.45) is 5.41 Å². The van der Waals surface area contributed by atoms with Gasteiger partial charge in [0.15, 0.2) is 6.23 Å². The van der Waals surface area contributed by atoms with Crippen LogP contribution in [0.3, 0.4) is 0 Å². The van der Waals surface area contributed by atoms with Crippen molar-refractivity contribution in [3.05, 3.63) is 22.7 Å². The standard InChI is InChI=1S/C11H14N4O4.ClH/c1-11(5-12)8(17)6(4-16)19-9(11)15-3-2-7(13)14-10(15)18;/h2-3,6,8-9,16-17H,4H2,1H3,(H2,13,14,18);1H/t6-,8-,9?,11-;/m1./s1. The van der Waals surface area contributed by atoms with E-state index in [2.05, 4.69) is 4.98 Å². The number of aliphatic hydroxyl groups excluding tert-OH is 2. The van der Waals surface area contributed by atoms with E-state index in [4.69, 9.17) is 15.6 Å². The number of nitrogens with two attached hydrogens (primary N) is 1. The van der Waals surface area contributed by atoms with E-state index in [1.807, 2.05) is 6.07 Å². The van der Waals surface area contributed by atoms with Gasteiger partial charge in [-0.15, -0.1) is 12.4 Å². The third-order valence-electron chi connectivity index (χ3n) is 3.31. The van der Waals surface area contributed by atoms with Crippen LogP contribution in [0.4, 0.5) is 5.82 Å². The molecule has 0 amide bonds. The summed E-state index contributed by atoms with van der Waals surface area (Å²) in [6, 6.07) is 3.33. The van der Waals surface area contributed by atoms with Crippen molar-refractivity contribution in [2.45, 2.75) is 25.4 Å². The van der Waals surface area contributed by atoms with Crippen molar-refractivity contribution in [3.8, 4) is 6.07 Å². The summed E-state index contributed by atoms with van der Waals surface area (Å²) in [6.45, 7) is 1.01. The van der Waals surface area contributed by atoms with Crippen molar-refractivity contribution >= 4 is 18.2 Å². The first-order chi connectivity index (χ1) is 8.93. The van der Waals surface area contributed by atoms with Crippen molar-refractivity contribution in [3.63, 3.8) is 0 Å². The lowest BCUT2D eigenvalue weighted by Crippen LogP contribution is -2.39. The molecule has 2 rings (SSSR count). The van der Waals surface area contributed by atoms with E-state index < -0.39 is 36.1 Å². The van der Waals surface area contributed by atoms with Crippen LogP contribution in [0.25, 0.3) is 0 Å². The summed E-state index contributed by atoms with van der Waals surface area (Å²) in [5.41, 5.74) is 3.34. The minimum Gasteiger partial charge on any atom is -0.394 e. The zero-order valence-electron chi connectivity index (χ0n) is 10.6. The Balaban J connectivity index is 0.00000200.